The van der Waals surface area contributed by atoms with Crippen molar-refractivity contribution in [1.82, 2.24) is 10.6 Å². The van der Waals surface area contributed by atoms with Gasteiger partial charge in [-0.2, -0.15) is 0 Å². The van der Waals surface area contributed by atoms with Crippen LogP contribution in [-0.2, 0) is 38.4 Å². The van der Waals surface area contributed by atoms with E-state index in [2.05, 4.69) is 10.6 Å². The largest absolute Gasteiger partial charge is 0.461 e. The van der Waals surface area contributed by atoms with Crippen LogP contribution >= 0.6 is 0 Å². The Labute approximate surface area is 235 Å². The van der Waals surface area contributed by atoms with E-state index in [4.69, 9.17) is 4.74 Å². The van der Waals surface area contributed by atoms with Crippen LogP contribution in [0.5, 0.6) is 0 Å². The summed E-state index contributed by atoms with van der Waals surface area (Å²) in [5, 5.41) is 5.72. The minimum Gasteiger partial charge on any atom is -0.461 e. The smallest absolute Gasteiger partial charge is 0.329 e. The van der Waals surface area contributed by atoms with Crippen molar-refractivity contribution in [3.8, 4) is 0 Å². The molecule has 3 aromatic rings. The number of carbonyl (C=O) groups is 3. The van der Waals surface area contributed by atoms with Crippen molar-refractivity contribution in [2.45, 2.75) is 76.0 Å². The molecule has 0 spiro atoms. The molecule has 1 saturated carbocycles. The standard InChI is InChI=1S/C33H37FN2O4/c34-27-19-17-26(18-20-27)23-31(37)35-29(21-24-11-5-3-6-12-24)32(38)36-30(22-25-13-7-4-8-14-25)33(39)40-28-15-9-1-2-10-16-28/h3-8,11-14,17-20,28-30H,1-2,9-10,15-16,21-23H2,(H,35,37)(H,36,38)/t29-,30-/m0/s1. The Hall–Kier alpha value is -4.00. The topological polar surface area (TPSA) is 84.5 Å². The first-order chi connectivity index (χ1) is 19.5. The van der Waals surface area contributed by atoms with Crippen molar-refractivity contribution >= 4 is 17.8 Å². The van der Waals surface area contributed by atoms with Gasteiger partial charge in [-0.25, -0.2) is 9.18 Å². The van der Waals surface area contributed by atoms with Crippen molar-refractivity contribution < 1.29 is 23.5 Å². The van der Waals surface area contributed by atoms with E-state index in [9.17, 15) is 18.8 Å². The van der Waals surface area contributed by atoms with Crippen molar-refractivity contribution in [3.05, 3.63) is 107 Å². The lowest BCUT2D eigenvalue weighted by Crippen LogP contribution is -2.54. The molecule has 0 saturated heterocycles. The molecular formula is C33H37FN2O4. The molecule has 0 unspecified atom stereocenters. The third kappa shape index (κ3) is 9.33. The van der Waals surface area contributed by atoms with Crippen molar-refractivity contribution in [2.24, 2.45) is 0 Å². The molecule has 1 aliphatic carbocycles. The molecule has 7 heteroatoms. The highest BCUT2D eigenvalue weighted by atomic mass is 19.1. The Kier molecular flexibility index (Phi) is 10.8. The highest BCUT2D eigenvalue weighted by Gasteiger charge is 2.30. The van der Waals surface area contributed by atoms with Crippen LogP contribution in [0, 0.1) is 5.82 Å². The average molecular weight is 545 g/mol. The normalized spacial score (nSPS) is 15.3. The summed E-state index contributed by atoms with van der Waals surface area (Å²) in [5.74, 6) is -1.68. The number of carbonyl (C=O) groups excluding carboxylic acids is 3. The van der Waals surface area contributed by atoms with Crippen LogP contribution in [0.4, 0.5) is 4.39 Å². The summed E-state index contributed by atoms with van der Waals surface area (Å²) in [7, 11) is 0. The summed E-state index contributed by atoms with van der Waals surface area (Å²) >= 11 is 0. The number of hydrogen-bond donors (Lipinski definition) is 2. The number of amides is 2. The molecule has 0 bridgehead atoms. The van der Waals surface area contributed by atoms with Crippen LogP contribution in [0.1, 0.15) is 55.2 Å². The molecular weight excluding hydrogens is 507 g/mol. The maximum absolute atomic E-state index is 13.6. The molecule has 1 fully saturated rings. The van der Waals surface area contributed by atoms with Crippen LogP contribution in [-0.4, -0.2) is 36.0 Å². The molecule has 0 aliphatic heterocycles. The van der Waals surface area contributed by atoms with Gasteiger partial charge in [-0.15, -0.1) is 0 Å². The molecule has 0 radical (unpaired) electrons. The zero-order chi connectivity index (χ0) is 28.2. The van der Waals surface area contributed by atoms with Gasteiger partial charge in [-0.3, -0.25) is 9.59 Å². The van der Waals surface area contributed by atoms with Gasteiger partial charge in [0.25, 0.3) is 0 Å². The summed E-state index contributed by atoms with van der Waals surface area (Å²) in [6.07, 6.45) is 6.34. The average Bonchev–Trinajstić information content (AvgIpc) is 3.23. The van der Waals surface area contributed by atoms with Gasteiger partial charge in [0, 0.05) is 12.8 Å². The van der Waals surface area contributed by atoms with Gasteiger partial charge in [0.05, 0.1) is 6.42 Å². The van der Waals surface area contributed by atoms with Gasteiger partial charge in [-0.1, -0.05) is 85.6 Å². The monoisotopic (exact) mass is 544 g/mol. The zero-order valence-corrected chi connectivity index (χ0v) is 22.7. The molecule has 210 valence electrons. The summed E-state index contributed by atoms with van der Waals surface area (Å²) in [4.78, 5) is 40.0. The first-order valence-electron chi connectivity index (χ1n) is 14.1. The van der Waals surface area contributed by atoms with Gasteiger partial charge in [0.1, 0.15) is 24.0 Å². The van der Waals surface area contributed by atoms with E-state index in [0.717, 1.165) is 49.7 Å². The van der Waals surface area contributed by atoms with Gasteiger partial charge < -0.3 is 15.4 Å². The molecule has 0 aromatic heterocycles. The summed E-state index contributed by atoms with van der Waals surface area (Å²) in [5.41, 5.74) is 2.39. The van der Waals surface area contributed by atoms with Crippen molar-refractivity contribution in [1.29, 1.82) is 0 Å². The fourth-order valence-corrected chi connectivity index (χ4v) is 5.01. The van der Waals surface area contributed by atoms with Crippen LogP contribution < -0.4 is 10.6 Å². The van der Waals surface area contributed by atoms with E-state index in [-0.39, 0.29) is 37.1 Å². The minimum atomic E-state index is -0.917. The second kappa shape index (κ2) is 15.0. The van der Waals surface area contributed by atoms with Crippen LogP contribution in [0.2, 0.25) is 0 Å². The Morgan fingerprint density at radius 2 is 1.25 bits per heavy atom. The number of esters is 1. The maximum Gasteiger partial charge on any atom is 0.329 e. The molecule has 40 heavy (non-hydrogen) atoms. The van der Waals surface area contributed by atoms with E-state index in [1.807, 2.05) is 60.7 Å². The SMILES string of the molecule is O=C(Cc1ccc(F)cc1)N[C@@H](Cc1ccccc1)C(=O)N[C@@H](Cc1ccccc1)C(=O)OC1CCCCCC1. The van der Waals surface area contributed by atoms with E-state index < -0.39 is 24.0 Å². The van der Waals surface area contributed by atoms with Gasteiger partial charge >= 0.3 is 5.97 Å². The lowest BCUT2D eigenvalue weighted by Gasteiger charge is -2.25. The Balaban J connectivity index is 1.49. The molecule has 2 N–H and O–H groups in total. The number of hydrogen-bond acceptors (Lipinski definition) is 4. The lowest BCUT2D eigenvalue weighted by molar-refractivity contribution is -0.153. The van der Waals surface area contributed by atoms with E-state index in [0.29, 0.717) is 5.56 Å². The molecule has 2 amide bonds. The van der Waals surface area contributed by atoms with E-state index in [1.165, 1.54) is 12.1 Å². The number of halogens is 1. The number of ether oxygens (including phenoxy) is 1. The Bertz CT molecular complexity index is 1230. The Morgan fingerprint density at radius 1 is 0.700 bits per heavy atom. The molecule has 2 atom stereocenters. The fraction of sp³-hybridized carbons (Fsp3) is 0.364. The summed E-state index contributed by atoms with van der Waals surface area (Å²) < 4.78 is 19.2. The maximum atomic E-state index is 13.6. The summed E-state index contributed by atoms with van der Waals surface area (Å²) in [6.45, 7) is 0. The zero-order valence-electron chi connectivity index (χ0n) is 22.7. The third-order valence-electron chi connectivity index (χ3n) is 7.18. The molecule has 3 aromatic carbocycles. The van der Waals surface area contributed by atoms with Gasteiger partial charge in [-0.05, 0) is 54.5 Å². The number of rotatable bonds is 11. The highest BCUT2D eigenvalue weighted by Crippen LogP contribution is 2.21. The van der Waals surface area contributed by atoms with E-state index >= 15 is 0 Å². The predicted octanol–water partition coefficient (Wildman–Crippen LogP) is 5.09. The van der Waals surface area contributed by atoms with Crippen LogP contribution in [0.15, 0.2) is 84.9 Å². The second-order valence-corrected chi connectivity index (χ2v) is 10.4. The number of benzene rings is 3. The first kappa shape index (κ1) is 29.0. The van der Waals surface area contributed by atoms with E-state index in [1.54, 1.807) is 12.1 Å². The first-order valence-corrected chi connectivity index (χ1v) is 14.1. The Morgan fingerprint density at radius 3 is 1.82 bits per heavy atom. The molecule has 0 heterocycles. The summed E-state index contributed by atoms with van der Waals surface area (Å²) in [6, 6.07) is 22.7. The van der Waals surface area contributed by atoms with Gasteiger partial charge in [0.2, 0.25) is 11.8 Å². The second-order valence-electron chi connectivity index (χ2n) is 10.4. The molecule has 6 nitrogen and oxygen atoms in total. The lowest BCUT2D eigenvalue weighted by atomic mass is 10.0. The molecule has 1 aliphatic rings. The predicted molar refractivity (Wildman–Crippen MR) is 152 cm³/mol. The quantitative estimate of drug-likeness (QED) is 0.260. The van der Waals surface area contributed by atoms with Crippen LogP contribution in [0.25, 0.3) is 0 Å². The minimum absolute atomic E-state index is 0.00395. The third-order valence-corrected chi connectivity index (χ3v) is 7.18. The number of nitrogens with one attached hydrogen (secondary N) is 2. The van der Waals surface area contributed by atoms with Crippen molar-refractivity contribution in [3.63, 3.8) is 0 Å². The highest BCUT2D eigenvalue weighted by molar-refractivity contribution is 5.91. The molecule has 4 rings (SSSR count). The fourth-order valence-electron chi connectivity index (χ4n) is 5.01. The van der Waals surface area contributed by atoms with Crippen LogP contribution in [0.3, 0.4) is 0 Å². The van der Waals surface area contributed by atoms with Crippen molar-refractivity contribution in [2.75, 3.05) is 0 Å². The van der Waals surface area contributed by atoms with Gasteiger partial charge in [0.15, 0.2) is 0 Å².